The first kappa shape index (κ1) is 13.4. The van der Waals surface area contributed by atoms with E-state index in [1.807, 2.05) is 31.4 Å². The molecule has 0 unspecified atom stereocenters. The van der Waals surface area contributed by atoms with Gasteiger partial charge in [-0.05, 0) is 34.1 Å². The molecule has 0 fully saturated rings. The third-order valence-corrected chi connectivity index (χ3v) is 4.13. The largest absolute Gasteiger partial charge is 0.495 e. The van der Waals surface area contributed by atoms with Crippen LogP contribution >= 0.6 is 27.5 Å². The molecule has 0 radical (unpaired) electrons. The number of benzene rings is 1. The van der Waals surface area contributed by atoms with Crippen molar-refractivity contribution in [2.75, 3.05) is 7.11 Å². The van der Waals surface area contributed by atoms with E-state index in [4.69, 9.17) is 16.3 Å². The minimum atomic E-state index is 0.650. The summed E-state index contributed by atoms with van der Waals surface area (Å²) in [5.41, 5.74) is 2.48. The fraction of sp³-hybridized carbons (Fsp3) is 0.143. The Hall–Kier alpha value is -1.59. The molecule has 3 aromatic rings. The molecule has 0 bridgehead atoms. The Labute approximate surface area is 129 Å². The zero-order valence-electron chi connectivity index (χ0n) is 10.9. The van der Waals surface area contributed by atoms with Crippen molar-refractivity contribution < 1.29 is 4.74 Å². The molecule has 2 heterocycles. The number of nitrogens with zero attached hydrogens (tertiary/aromatic N) is 3. The second kappa shape index (κ2) is 5.07. The molecule has 0 N–H and O–H groups in total. The zero-order valence-corrected chi connectivity index (χ0v) is 13.2. The summed E-state index contributed by atoms with van der Waals surface area (Å²) >= 11 is 9.88. The molecule has 0 saturated heterocycles. The molecule has 0 amide bonds. The average Bonchev–Trinajstić information content (AvgIpc) is 2.86. The smallest absolute Gasteiger partial charge is 0.135 e. The summed E-state index contributed by atoms with van der Waals surface area (Å²) in [6.07, 6.45) is 3.66. The molecule has 4 nitrogen and oxygen atoms in total. The van der Waals surface area contributed by atoms with Gasteiger partial charge in [-0.1, -0.05) is 11.6 Å². The van der Waals surface area contributed by atoms with Gasteiger partial charge >= 0.3 is 0 Å². The van der Waals surface area contributed by atoms with Gasteiger partial charge < -0.3 is 4.74 Å². The van der Waals surface area contributed by atoms with E-state index in [1.165, 1.54) is 0 Å². The lowest BCUT2D eigenvalue weighted by Crippen LogP contribution is -1.90. The molecule has 0 aliphatic carbocycles. The Morgan fingerprint density at radius 1 is 1.35 bits per heavy atom. The molecule has 1 aromatic carbocycles. The molecule has 3 rings (SSSR count). The Balaban J connectivity index is 2.29. The SMILES string of the molecule is COc1ccc2c(Cl)cc(-c3cnn(C)c3)nc2c1Br. The van der Waals surface area contributed by atoms with Crippen molar-refractivity contribution in [1.82, 2.24) is 14.8 Å². The summed E-state index contributed by atoms with van der Waals surface area (Å²) in [6.45, 7) is 0. The van der Waals surface area contributed by atoms with Crippen LogP contribution in [0.5, 0.6) is 5.75 Å². The summed E-state index contributed by atoms with van der Waals surface area (Å²) in [5, 5.41) is 5.69. The first-order chi connectivity index (χ1) is 9.60. The number of methoxy groups -OCH3 is 1. The van der Waals surface area contributed by atoms with Gasteiger partial charge in [0.1, 0.15) is 5.75 Å². The van der Waals surface area contributed by atoms with Gasteiger partial charge in [0.2, 0.25) is 0 Å². The molecule has 0 aliphatic heterocycles. The molecular formula is C14H11BrClN3O. The van der Waals surface area contributed by atoms with Crippen LogP contribution in [-0.4, -0.2) is 21.9 Å². The minimum Gasteiger partial charge on any atom is -0.495 e. The highest BCUT2D eigenvalue weighted by atomic mass is 79.9. The first-order valence-corrected chi connectivity index (χ1v) is 7.09. The molecule has 20 heavy (non-hydrogen) atoms. The predicted molar refractivity (Wildman–Crippen MR) is 83.2 cm³/mol. The second-order valence-electron chi connectivity index (χ2n) is 4.37. The van der Waals surface area contributed by atoms with E-state index in [0.29, 0.717) is 5.02 Å². The first-order valence-electron chi connectivity index (χ1n) is 5.92. The van der Waals surface area contributed by atoms with Crippen molar-refractivity contribution in [1.29, 1.82) is 0 Å². The number of rotatable bonds is 2. The number of ether oxygens (including phenoxy) is 1. The van der Waals surface area contributed by atoms with Gasteiger partial charge in [0, 0.05) is 24.2 Å². The standard InChI is InChI=1S/C14H11BrClN3O/c1-19-7-8(6-17-19)11-5-10(16)9-3-4-12(20-2)13(15)14(9)18-11/h3-7H,1-2H3. The number of hydrogen-bond acceptors (Lipinski definition) is 3. The minimum absolute atomic E-state index is 0.650. The lowest BCUT2D eigenvalue weighted by molar-refractivity contribution is 0.413. The van der Waals surface area contributed by atoms with Gasteiger partial charge in [0.05, 0.1) is 34.0 Å². The Kier molecular flexibility index (Phi) is 3.40. The van der Waals surface area contributed by atoms with Crippen LogP contribution in [0, 0.1) is 0 Å². The van der Waals surface area contributed by atoms with Gasteiger partial charge in [-0.15, -0.1) is 0 Å². The van der Waals surface area contributed by atoms with Crippen LogP contribution < -0.4 is 4.74 Å². The molecule has 6 heteroatoms. The van der Waals surface area contributed by atoms with Gasteiger partial charge in [0.25, 0.3) is 0 Å². The van der Waals surface area contributed by atoms with E-state index in [9.17, 15) is 0 Å². The number of hydrogen-bond donors (Lipinski definition) is 0. The molecule has 2 aromatic heterocycles. The molecule has 0 spiro atoms. The highest BCUT2D eigenvalue weighted by molar-refractivity contribution is 9.10. The quantitative estimate of drug-likeness (QED) is 0.698. The number of pyridine rings is 1. The van der Waals surface area contributed by atoms with Gasteiger partial charge in [-0.2, -0.15) is 5.10 Å². The van der Waals surface area contributed by atoms with Crippen molar-refractivity contribution in [3.05, 3.63) is 40.1 Å². The number of aromatic nitrogens is 3. The molecule has 0 aliphatic rings. The van der Waals surface area contributed by atoms with E-state index >= 15 is 0 Å². The third-order valence-electron chi connectivity index (χ3n) is 3.05. The van der Waals surface area contributed by atoms with E-state index in [0.717, 1.165) is 32.4 Å². The summed E-state index contributed by atoms with van der Waals surface area (Å²) in [5.74, 6) is 0.726. The highest BCUT2D eigenvalue weighted by Gasteiger charge is 2.12. The predicted octanol–water partition coefficient (Wildman–Crippen LogP) is 4.06. The Morgan fingerprint density at radius 3 is 2.80 bits per heavy atom. The van der Waals surface area contributed by atoms with Crippen molar-refractivity contribution in [2.24, 2.45) is 7.05 Å². The topological polar surface area (TPSA) is 39.9 Å². The van der Waals surface area contributed by atoms with Crippen LogP contribution in [0.4, 0.5) is 0 Å². The Morgan fingerprint density at radius 2 is 2.15 bits per heavy atom. The van der Waals surface area contributed by atoms with Crippen LogP contribution in [0.3, 0.4) is 0 Å². The van der Waals surface area contributed by atoms with Crippen LogP contribution in [0.25, 0.3) is 22.2 Å². The number of aryl methyl sites for hydroxylation is 1. The van der Waals surface area contributed by atoms with E-state index in [1.54, 1.807) is 18.0 Å². The van der Waals surface area contributed by atoms with Crippen LogP contribution in [-0.2, 0) is 7.05 Å². The van der Waals surface area contributed by atoms with Crippen molar-refractivity contribution in [3.63, 3.8) is 0 Å². The van der Waals surface area contributed by atoms with Crippen molar-refractivity contribution in [3.8, 4) is 17.0 Å². The van der Waals surface area contributed by atoms with Gasteiger partial charge in [-0.25, -0.2) is 4.98 Å². The van der Waals surface area contributed by atoms with E-state index < -0.39 is 0 Å². The third kappa shape index (κ3) is 2.17. The molecule has 0 saturated carbocycles. The van der Waals surface area contributed by atoms with Crippen LogP contribution in [0.15, 0.2) is 35.1 Å². The van der Waals surface area contributed by atoms with Gasteiger partial charge in [0.15, 0.2) is 0 Å². The molecule has 0 atom stereocenters. The second-order valence-corrected chi connectivity index (χ2v) is 5.57. The maximum Gasteiger partial charge on any atom is 0.135 e. The lowest BCUT2D eigenvalue weighted by Gasteiger charge is -2.09. The monoisotopic (exact) mass is 351 g/mol. The fourth-order valence-corrected chi connectivity index (χ4v) is 2.91. The summed E-state index contributed by atoms with van der Waals surface area (Å²) in [6, 6.07) is 5.62. The maximum absolute atomic E-state index is 6.36. The maximum atomic E-state index is 6.36. The van der Waals surface area contributed by atoms with Gasteiger partial charge in [-0.3, -0.25) is 4.68 Å². The van der Waals surface area contributed by atoms with E-state index in [2.05, 4.69) is 26.0 Å². The normalized spacial score (nSPS) is 11.0. The summed E-state index contributed by atoms with van der Waals surface area (Å²) in [4.78, 5) is 4.66. The Bertz CT molecular complexity index is 800. The lowest BCUT2D eigenvalue weighted by atomic mass is 10.1. The summed E-state index contributed by atoms with van der Waals surface area (Å²) < 4.78 is 7.82. The fourth-order valence-electron chi connectivity index (χ4n) is 2.06. The molecule has 102 valence electrons. The van der Waals surface area contributed by atoms with Crippen molar-refractivity contribution >= 4 is 38.4 Å². The van der Waals surface area contributed by atoms with E-state index in [-0.39, 0.29) is 0 Å². The zero-order chi connectivity index (χ0) is 14.3. The summed E-state index contributed by atoms with van der Waals surface area (Å²) in [7, 11) is 3.49. The van der Waals surface area contributed by atoms with Crippen LogP contribution in [0.1, 0.15) is 0 Å². The number of halogens is 2. The number of fused-ring (bicyclic) bond motifs is 1. The van der Waals surface area contributed by atoms with Crippen molar-refractivity contribution in [2.45, 2.75) is 0 Å². The van der Waals surface area contributed by atoms with Crippen LogP contribution in [0.2, 0.25) is 5.02 Å². The highest BCUT2D eigenvalue weighted by Crippen LogP contribution is 2.36. The molecular weight excluding hydrogens is 342 g/mol. The average molecular weight is 353 g/mol.